The molecule has 114 valence electrons. The molecule has 2 saturated carbocycles. The summed E-state index contributed by atoms with van der Waals surface area (Å²) in [6.45, 7) is 0. The van der Waals surface area contributed by atoms with Gasteiger partial charge in [0.2, 0.25) is 0 Å². The molecule has 6 rings (SSSR count). The van der Waals surface area contributed by atoms with E-state index in [-0.39, 0.29) is 11.0 Å². The van der Waals surface area contributed by atoms with E-state index in [0.29, 0.717) is 39.2 Å². The van der Waals surface area contributed by atoms with Crippen molar-refractivity contribution in [1.82, 2.24) is 0 Å². The number of ketones is 1. The third-order valence-corrected chi connectivity index (χ3v) is 8.94. The first-order valence-corrected chi connectivity index (χ1v) is 10.3. The Morgan fingerprint density at radius 2 is 2.14 bits per heavy atom. The van der Waals surface area contributed by atoms with E-state index in [2.05, 4.69) is 36.4 Å². The molecule has 2 nitrogen and oxygen atoms in total. The average molecular weight is 359 g/mol. The Morgan fingerprint density at radius 3 is 3.00 bits per heavy atom. The predicted molar refractivity (Wildman–Crippen MR) is 86.3 cm³/mol. The van der Waals surface area contributed by atoms with E-state index < -0.39 is 0 Å². The van der Waals surface area contributed by atoms with E-state index >= 15 is 0 Å². The molecule has 0 amide bonds. The second-order valence-corrected chi connectivity index (χ2v) is 9.68. The van der Waals surface area contributed by atoms with Crippen molar-refractivity contribution in [3.63, 3.8) is 0 Å². The molecule has 1 aromatic rings. The van der Waals surface area contributed by atoms with Crippen molar-refractivity contribution in [3.05, 3.63) is 42.5 Å². The van der Waals surface area contributed by atoms with Crippen LogP contribution >= 0.6 is 0 Å². The van der Waals surface area contributed by atoms with Crippen LogP contribution in [0, 0.1) is 17.3 Å². The molecule has 1 spiro atoms. The van der Waals surface area contributed by atoms with Gasteiger partial charge < -0.3 is 0 Å². The van der Waals surface area contributed by atoms with Gasteiger partial charge in [-0.15, -0.1) is 0 Å². The van der Waals surface area contributed by atoms with Crippen LogP contribution in [-0.4, -0.2) is 32.4 Å². The van der Waals surface area contributed by atoms with E-state index in [9.17, 15) is 4.79 Å². The van der Waals surface area contributed by atoms with Gasteiger partial charge in [0.15, 0.2) is 0 Å². The van der Waals surface area contributed by atoms with E-state index in [1.165, 1.54) is 22.6 Å². The van der Waals surface area contributed by atoms with Crippen molar-refractivity contribution in [3.8, 4) is 0 Å². The first kappa shape index (κ1) is 13.5. The van der Waals surface area contributed by atoms with Gasteiger partial charge in [-0.3, -0.25) is 0 Å². The molecular weight excluding hydrogens is 339 g/mol. The van der Waals surface area contributed by atoms with Crippen LogP contribution in [0.3, 0.4) is 0 Å². The standard InChI is InChI=1S/C19H20O2Se/c20-14-6-7-18-10-13-8-17(16(18)9-14)21-19(13,11-18)12-22-15-4-2-1-3-5-15/h1-7,13,16-17H,8-12H2. The molecule has 3 aliphatic carbocycles. The molecule has 0 aromatic heterocycles. The Kier molecular flexibility index (Phi) is 2.81. The molecule has 5 aliphatic rings. The molecule has 4 bridgehead atoms. The van der Waals surface area contributed by atoms with Gasteiger partial charge in [0.25, 0.3) is 0 Å². The van der Waals surface area contributed by atoms with Crippen LogP contribution in [0.1, 0.15) is 25.7 Å². The fourth-order valence-corrected chi connectivity index (χ4v) is 7.88. The quantitative estimate of drug-likeness (QED) is 0.776. The van der Waals surface area contributed by atoms with Crippen LogP contribution in [0.4, 0.5) is 0 Å². The van der Waals surface area contributed by atoms with E-state index in [1.54, 1.807) is 0 Å². The Balaban J connectivity index is 1.42. The molecule has 0 N–H and O–H groups in total. The van der Waals surface area contributed by atoms with Crippen LogP contribution < -0.4 is 4.46 Å². The van der Waals surface area contributed by atoms with E-state index in [0.717, 1.165) is 12.3 Å². The Morgan fingerprint density at radius 1 is 1.27 bits per heavy atom. The molecule has 2 aliphatic heterocycles. The summed E-state index contributed by atoms with van der Waals surface area (Å²) in [7, 11) is 0. The molecule has 22 heavy (non-hydrogen) atoms. The zero-order valence-corrected chi connectivity index (χ0v) is 14.2. The summed E-state index contributed by atoms with van der Waals surface area (Å²) in [6, 6.07) is 10.9. The first-order chi connectivity index (χ1) is 10.7. The number of allylic oxidation sites excluding steroid dienone is 2. The molecule has 1 aromatic carbocycles. The number of rotatable bonds is 3. The van der Waals surface area contributed by atoms with Crippen molar-refractivity contribution in [2.24, 2.45) is 17.3 Å². The first-order valence-electron chi connectivity index (χ1n) is 8.27. The van der Waals surface area contributed by atoms with Crippen LogP contribution in [0.2, 0.25) is 5.32 Å². The number of ether oxygens (including phenoxy) is 1. The SMILES string of the molecule is O=C1C=CC23CC4CC(OC4(C[Se]c4ccccc4)C2)C3C1. The number of carbonyl (C=O) groups is 1. The van der Waals surface area contributed by atoms with Crippen LogP contribution in [0.15, 0.2) is 42.5 Å². The maximum atomic E-state index is 11.8. The average Bonchev–Trinajstić information content (AvgIpc) is 2.94. The van der Waals surface area contributed by atoms with Gasteiger partial charge >= 0.3 is 137 Å². The maximum absolute atomic E-state index is 11.8. The zero-order chi connectivity index (χ0) is 14.8. The summed E-state index contributed by atoms with van der Waals surface area (Å²) >= 11 is 0.487. The van der Waals surface area contributed by atoms with Crippen molar-refractivity contribution < 1.29 is 9.53 Å². The van der Waals surface area contributed by atoms with Crippen molar-refractivity contribution in [2.45, 2.75) is 42.7 Å². The number of hydrogen-bond acceptors (Lipinski definition) is 2. The Hall–Kier alpha value is -0.891. The third-order valence-electron chi connectivity index (χ3n) is 6.34. The monoisotopic (exact) mass is 360 g/mol. The van der Waals surface area contributed by atoms with Gasteiger partial charge in [-0.05, 0) is 0 Å². The van der Waals surface area contributed by atoms with Crippen molar-refractivity contribution in [2.75, 3.05) is 0 Å². The van der Waals surface area contributed by atoms with Gasteiger partial charge in [0, 0.05) is 0 Å². The molecule has 2 heterocycles. The van der Waals surface area contributed by atoms with Crippen LogP contribution in [0.5, 0.6) is 0 Å². The number of benzene rings is 1. The summed E-state index contributed by atoms with van der Waals surface area (Å²) in [5.41, 5.74) is 0.397. The van der Waals surface area contributed by atoms with E-state index in [4.69, 9.17) is 4.74 Å². The van der Waals surface area contributed by atoms with Crippen LogP contribution in [0.25, 0.3) is 0 Å². The van der Waals surface area contributed by atoms with Gasteiger partial charge in [0.05, 0.1) is 0 Å². The van der Waals surface area contributed by atoms with Crippen LogP contribution in [-0.2, 0) is 9.53 Å². The molecule has 3 heteroatoms. The molecule has 2 saturated heterocycles. The fraction of sp³-hybridized carbons (Fsp3) is 0.526. The number of carbonyl (C=O) groups excluding carboxylic acids is 1. The van der Waals surface area contributed by atoms with Gasteiger partial charge in [0.1, 0.15) is 0 Å². The summed E-state index contributed by atoms with van der Waals surface area (Å²) in [4.78, 5) is 11.8. The summed E-state index contributed by atoms with van der Waals surface area (Å²) in [5.74, 6) is 1.48. The topological polar surface area (TPSA) is 26.3 Å². The Bertz CT molecular complexity index is 655. The molecule has 0 radical (unpaired) electrons. The molecular formula is C19H20O2Se. The van der Waals surface area contributed by atoms with Gasteiger partial charge in [-0.2, -0.15) is 0 Å². The summed E-state index contributed by atoms with van der Waals surface area (Å²) < 4.78 is 8.08. The second-order valence-electron chi connectivity index (χ2n) is 7.48. The van der Waals surface area contributed by atoms with Crippen molar-refractivity contribution in [1.29, 1.82) is 0 Å². The fourth-order valence-electron chi connectivity index (χ4n) is 5.44. The Labute approximate surface area is 137 Å². The molecule has 4 fully saturated rings. The minimum atomic E-state index is 0.113. The zero-order valence-electron chi connectivity index (χ0n) is 12.5. The third kappa shape index (κ3) is 1.79. The minimum absolute atomic E-state index is 0.113. The van der Waals surface area contributed by atoms with E-state index in [1.807, 2.05) is 6.08 Å². The molecule has 5 atom stereocenters. The predicted octanol–water partition coefficient (Wildman–Crippen LogP) is 2.52. The summed E-state index contributed by atoms with van der Waals surface area (Å²) in [6.07, 6.45) is 8.79. The number of hydrogen-bond donors (Lipinski definition) is 0. The molecule has 5 unspecified atom stereocenters. The van der Waals surface area contributed by atoms with Gasteiger partial charge in [-0.1, -0.05) is 0 Å². The van der Waals surface area contributed by atoms with Gasteiger partial charge in [-0.25, -0.2) is 0 Å². The summed E-state index contributed by atoms with van der Waals surface area (Å²) in [5, 5.41) is 1.20. The van der Waals surface area contributed by atoms with Crippen molar-refractivity contribution >= 4 is 25.2 Å². The second kappa shape index (κ2) is 4.56. The normalized spacial score (nSPS) is 44.5.